The molecule has 0 aliphatic heterocycles. The van der Waals surface area contributed by atoms with Crippen LogP contribution in [-0.2, 0) is 19.2 Å². The van der Waals surface area contributed by atoms with Gasteiger partial charge in [0.25, 0.3) is 0 Å². The minimum absolute atomic E-state index is 0.298. The van der Waals surface area contributed by atoms with Crippen LogP contribution in [0.5, 0.6) is 0 Å². The van der Waals surface area contributed by atoms with Crippen molar-refractivity contribution in [2.24, 2.45) is 0 Å². The number of hydrogen-bond acceptors (Lipinski definition) is 6. The van der Waals surface area contributed by atoms with Crippen LogP contribution in [0.2, 0.25) is 0 Å². The number of rotatable bonds is 2. The summed E-state index contributed by atoms with van der Waals surface area (Å²) in [6.07, 6.45) is 0. The molecule has 0 heterocycles. The molecule has 0 aromatic heterocycles. The molecular formula is C4H6O6. The Balaban J connectivity index is 3.52. The summed E-state index contributed by atoms with van der Waals surface area (Å²) < 4.78 is 4.02. The Morgan fingerprint density at radius 2 is 1.90 bits per heavy atom. The second-order valence-corrected chi connectivity index (χ2v) is 1.24. The molecule has 0 atom stereocenters. The van der Waals surface area contributed by atoms with Crippen molar-refractivity contribution in [3.05, 3.63) is 0 Å². The summed E-state index contributed by atoms with van der Waals surface area (Å²) in [5, 5.41) is 15.7. The van der Waals surface area contributed by atoms with E-state index < -0.39 is 11.9 Å². The average Bonchev–Trinajstić information content (AvgIpc) is 1.98. The number of esters is 1. The standard InChI is InChI=1S/C4H6O6/c5-1-2-9-3(6)4(7)10-8/h5,8H,1-2H2. The highest BCUT2D eigenvalue weighted by atomic mass is 17.1. The number of carbonyl (C=O) groups excluding carboxylic acids is 2. The van der Waals surface area contributed by atoms with Crippen LogP contribution in [0, 0.1) is 0 Å². The highest BCUT2D eigenvalue weighted by molar-refractivity contribution is 6.29. The Morgan fingerprint density at radius 1 is 1.30 bits per heavy atom. The van der Waals surface area contributed by atoms with Crippen molar-refractivity contribution in [1.82, 2.24) is 0 Å². The van der Waals surface area contributed by atoms with Crippen molar-refractivity contribution in [3.8, 4) is 0 Å². The smallest absolute Gasteiger partial charge is 0.449 e. The molecule has 6 heteroatoms. The molecule has 58 valence electrons. The Kier molecular flexibility index (Phi) is 4.17. The third-order valence-electron chi connectivity index (χ3n) is 0.574. The van der Waals surface area contributed by atoms with Crippen LogP contribution in [0.3, 0.4) is 0 Å². The maximum atomic E-state index is 10.2. The maximum Gasteiger partial charge on any atom is 0.449 e. The normalized spacial score (nSPS) is 8.60. The van der Waals surface area contributed by atoms with Gasteiger partial charge in [0.2, 0.25) is 0 Å². The van der Waals surface area contributed by atoms with Gasteiger partial charge in [-0.15, -0.1) is 0 Å². The fourth-order valence-corrected chi connectivity index (χ4v) is 0.235. The summed E-state index contributed by atoms with van der Waals surface area (Å²) in [6.45, 7) is -0.682. The lowest BCUT2D eigenvalue weighted by Gasteiger charge is -1.96. The van der Waals surface area contributed by atoms with Gasteiger partial charge in [0.15, 0.2) is 0 Å². The summed E-state index contributed by atoms with van der Waals surface area (Å²) in [6, 6.07) is 0. The largest absolute Gasteiger partial charge is 0.455 e. The lowest BCUT2D eigenvalue weighted by molar-refractivity contribution is -0.237. The molecule has 0 aromatic carbocycles. The van der Waals surface area contributed by atoms with E-state index in [1.165, 1.54) is 0 Å². The van der Waals surface area contributed by atoms with E-state index in [1.54, 1.807) is 0 Å². The van der Waals surface area contributed by atoms with E-state index in [0.29, 0.717) is 0 Å². The van der Waals surface area contributed by atoms with E-state index in [2.05, 4.69) is 9.62 Å². The third kappa shape index (κ3) is 3.00. The minimum Gasteiger partial charge on any atom is -0.455 e. The van der Waals surface area contributed by atoms with Crippen LogP contribution in [-0.4, -0.2) is 35.5 Å². The molecule has 10 heavy (non-hydrogen) atoms. The van der Waals surface area contributed by atoms with Crippen LogP contribution < -0.4 is 0 Å². The van der Waals surface area contributed by atoms with Crippen LogP contribution in [0.1, 0.15) is 0 Å². The van der Waals surface area contributed by atoms with Crippen LogP contribution in [0.25, 0.3) is 0 Å². The summed E-state index contributed by atoms with van der Waals surface area (Å²) >= 11 is 0. The van der Waals surface area contributed by atoms with Gasteiger partial charge in [-0.25, -0.2) is 9.59 Å². The van der Waals surface area contributed by atoms with Crippen LogP contribution in [0.15, 0.2) is 0 Å². The molecule has 0 unspecified atom stereocenters. The minimum atomic E-state index is -1.51. The molecular weight excluding hydrogens is 144 g/mol. The highest BCUT2D eigenvalue weighted by Gasteiger charge is 2.16. The lowest BCUT2D eigenvalue weighted by Crippen LogP contribution is -2.20. The summed E-state index contributed by atoms with van der Waals surface area (Å²) in [5.74, 6) is -2.84. The molecule has 0 bridgehead atoms. The molecule has 0 amide bonds. The van der Waals surface area contributed by atoms with E-state index in [-0.39, 0.29) is 13.2 Å². The van der Waals surface area contributed by atoms with E-state index in [0.717, 1.165) is 0 Å². The van der Waals surface area contributed by atoms with Gasteiger partial charge in [0, 0.05) is 0 Å². The first kappa shape index (κ1) is 8.86. The summed E-state index contributed by atoms with van der Waals surface area (Å²) in [7, 11) is 0. The zero-order chi connectivity index (χ0) is 7.98. The maximum absolute atomic E-state index is 10.2. The first-order valence-electron chi connectivity index (χ1n) is 2.35. The van der Waals surface area contributed by atoms with Gasteiger partial charge in [-0.05, 0) is 0 Å². The van der Waals surface area contributed by atoms with Gasteiger partial charge in [0.05, 0.1) is 6.61 Å². The van der Waals surface area contributed by atoms with Gasteiger partial charge >= 0.3 is 11.9 Å². The fraction of sp³-hybridized carbons (Fsp3) is 0.500. The van der Waals surface area contributed by atoms with E-state index in [9.17, 15) is 9.59 Å². The van der Waals surface area contributed by atoms with Crippen molar-refractivity contribution >= 4 is 11.9 Å². The monoisotopic (exact) mass is 150 g/mol. The van der Waals surface area contributed by atoms with E-state index >= 15 is 0 Å². The van der Waals surface area contributed by atoms with Gasteiger partial charge in [-0.1, -0.05) is 0 Å². The second-order valence-electron chi connectivity index (χ2n) is 1.24. The molecule has 6 nitrogen and oxygen atoms in total. The number of carbonyl (C=O) groups is 2. The fourth-order valence-electron chi connectivity index (χ4n) is 0.235. The van der Waals surface area contributed by atoms with Crippen molar-refractivity contribution in [1.29, 1.82) is 0 Å². The molecule has 2 N–H and O–H groups in total. The highest BCUT2D eigenvalue weighted by Crippen LogP contribution is 1.80. The molecule has 0 spiro atoms. The summed E-state index contributed by atoms with van der Waals surface area (Å²) in [5.41, 5.74) is 0. The SMILES string of the molecule is O=C(OO)C(=O)OCCO. The van der Waals surface area contributed by atoms with Crippen LogP contribution in [0.4, 0.5) is 0 Å². The topological polar surface area (TPSA) is 93.1 Å². The Bertz CT molecular complexity index is 130. The zero-order valence-electron chi connectivity index (χ0n) is 4.94. The van der Waals surface area contributed by atoms with Crippen molar-refractivity contribution in [2.45, 2.75) is 0 Å². The number of aliphatic hydroxyl groups excluding tert-OH is 1. The van der Waals surface area contributed by atoms with Gasteiger partial charge in [-0.3, -0.25) is 4.89 Å². The first-order chi connectivity index (χ1) is 4.72. The second kappa shape index (κ2) is 4.71. The lowest BCUT2D eigenvalue weighted by atomic mass is 10.7. The predicted octanol–water partition coefficient (Wildman–Crippen LogP) is -1.46. The summed E-state index contributed by atoms with van der Waals surface area (Å²) in [4.78, 5) is 23.2. The molecule has 0 aliphatic rings. The van der Waals surface area contributed by atoms with Crippen molar-refractivity contribution < 1.29 is 29.6 Å². The Hall–Kier alpha value is -1.14. The Labute approximate surface area is 55.9 Å². The Morgan fingerprint density at radius 3 is 2.30 bits per heavy atom. The molecule has 0 saturated carbocycles. The predicted molar refractivity (Wildman–Crippen MR) is 26.8 cm³/mol. The van der Waals surface area contributed by atoms with Crippen LogP contribution >= 0.6 is 0 Å². The third-order valence-corrected chi connectivity index (χ3v) is 0.574. The molecule has 0 rings (SSSR count). The number of ether oxygens (including phenoxy) is 1. The molecule has 0 saturated heterocycles. The first-order valence-corrected chi connectivity index (χ1v) is 2.35. The average molecular weight is 150 g/mol. The van der Waals surface area contributed by atoms with E-state index in [1.807, 2.05) is 0 Å². The quantitative estimate of drug-likeness (QED) is 0.216. The van der Waals surface area contributed by atoms with Gasteiger partial charge < -0.3 is 9.84 Å². The molecule has 0 aromatic rings. The number of aliphatic hydroxyl groups is 1. The van der Waals surface area contributed by atoms with Crippen molar-refractivity contribution in [3.63, 3.8) is 0 Å². The molecule has 0 radical (unpaired) electrons. The molecule has 0 fully saturated rings. The molecule has 0 aliphatic carbocycles. The van der Waals surface area contributed by atoms with E-state index in [4.69, 9.17) is 10.4 Å². The van der Waals surface area contributed by atoms with Gasteiger partial charge in [0.1, 0.15) is 6.61 Å². The van der Waals surface area contributed by atoms with Crippen molar-refractivity contribution in [2.75, 3.05) is 13.2 Å². The number of hydrogen-bond donors (Lipinski definition) is 2. The van der Waals surface area contributed by atoms with Gasteiger partial charge in [-0.2, -0.15) is 5.26 Å². The zero-order valence-corrected chi connectivity index (χ0v) is 4.94.